The largest absolute Gasteiger partial charge is 0.352 e. The highest BCUT2D eigenvalue weighted by molar-refractivity contribution is 9.10. The summed E-state index contributed by atoms with van der Waals surface area (Å²) in [5, 5.41) is 2.96. The Morgan fingerprint density at radius 2 is 1.95 bits per heavy atom. The van der Waals surface area contributed by atoms with Gasteiger partial charge < -0.3 is 10.3 Å². The van der Waals surface area contributed by atoms with Crippen molar-refractivity contribution in [3.63, 3.8) is 0 Å². The maximum absolute atomic E-state index is 12.2. The first kappa shape index (κ1) is 15.9. The third-order valence-corrected chi connectivity index (χ3v) is 4.25. The van der Waals surface area contributed by atoms with Crippen LogP contribution in [-0.4, -0.2) is 17.4 Å². The van der Waals surface area contributed by atoms with E-state index in [-0.39, 0.29) is 11.3 Å². The molecule has 0 unspecified atom stereocenters. The number of aromatic nitrogens is 1. The first-order valence-corrected chi connectivity index (χ1v) is 7.82. The quantitative estimate of drug-likeness (QED) is 0.797. The second-order valence-corrected chi connectivity index (χ2v) is 6.81. The summed E-state index contributed by atoms with van der Waals surface area (Å²) in [6.07, 6.45) is 1.71. The number of carbonyl (C=O) groups is 1. The van der Waals surface area contributed by atoms with E-state index in [2.05, 4.69) is 52.2 Å². The van der Waals surface area contributed by atoms with E-state index in [1.54, 1.807) is 18.3 Å². The monoisotopic (exact) mass is 364 g/mol. The van der Waals surface area contributed by atoms with Crippen LogP contribution in [0.3, 0.4) is 0 Å². The Balaban J connectivity index is 2.08. The fourth-order valence-corrected chi connectivity index (χ4v) is 2.49. The molecule has 1 aromatic heterocycles. The van der Waals surface area contributed by atoms with Crippen molar-refractivity contribution in [1.82, 2.24) is 10.3 Å². The molecule has 0 atom stereocenters. The van der Waals surface area contributed by atoms with Gasteiger partial charge in [0.25, 0.3) is 5.91 Å². The van der Waals surface area contributed by atoms with E-state index in [4.69, 9.17) is 12.2 Å². The van der Waals surface area contributed by atoms with E-state index in [1.165, 1.54) is 5.56 Å². The Morgan fingerprint density at radius 1 is 1.29 bits per heavy atom. The Morgan fingerprint density at radius 3 is 2.57 bits per heavy atom. The van der Waals surface area contributed by atoms with Crippen LogP contribution in [0.25, 0.3) is 0 Å². The number of rotatable bonds is 4. The maximum Gasteiger partial charge on any atom is 0.254 e. The van der Waals surface area contributed by atoms with Crippen LogP contribution in [0.1, 0.15) is 29.8 Å². The van der Waals surface area contributed by atoms with Gasteiger partial charge in [-0.1, -0.05) is 54.1 Å². The Hall–Kier alpha value is -1.46. The summed E-state index contributed by atoms with van der Waals surface area (Å²) >= 11 is 8.55. The molecule has 1 heterocycles. The summed E-state index contributed by atoms with van der Waals surface area (Å²) < 4.78 is 1.50. The number of carbonyl (C=O) groups excluding carboxylic acids is 1. The molecule has 0 radical (unpaired) electrons. The van der Waals surface area contributed by atoms with Crippen LogP contribution in [0.15, 0.2) is 47.1 Å². The zero-order chi connectivity index (χ0) is 15.5. The van der Waals surface area contributed by atoms with Crippen molar-refractivity contribution in [1.29, 1.82) is 0 Å². The van der Waals surface area contributed by atoms with E-state index < -0.39 is 0 Å². The lowest BCUT2D eigenvalue weighted by Gasteiger charge is -2.25. The van der Waals surface area contributed by atoms with Crippen LogP contribution in [-0.2, 0) is 5.41 Å². The second-order valence-electron chi connectivity index (χ2n) is 5.49. The number of H-pyrrole nitrogens is 1. The van der Waals surface area contributed by atoms with Gasteiger partial charge in [0.05, 0.1) is 5.56 Å². The van der Waals surface area contributed by atoms with Gasteiger partial charge in [0.2, 0.25) is 0 Å². The van der Waals surface area contributed by atoms with Crippen molar-refractivity contribution in [3.8, 4) is 0 Å². The average molecular weight is 365 g/mol. The number of benzene rings is 1. The number of aromatic amines is 1. The predicted octanol–water partition coefficient (Wildman–Crippen LogP) is 4.21. The van der Waals surface area contributed by atoms with Crippen LogP contribution in [0.4, 0.5) is 0 Å². The highest BCUT2D eigenvalue weighted by Crippen LogP contribution is 2.24. The van der Waals surface area contributed by atoms with Gasteiger partial charge in [-0.2, -0.15) is 0 Å². The molecule has 3 nitrogen and oxygen atoms in total. The van der Waals surface area contributed by atoms with Gasteiger partial charge in [0, 0.05) is 22.6 Å². The zero-order valence-corrected chi connectivity index (χ0v) is 14.3. The minimum Gasteiger partial charge on any atom is -0.352 e. The van der Waals surface area contributed by atoms with Crippen molar-refractivity contribution in [2.45, 2.75) is 19.3 Å². The fraction of sp³-hybridized carbons (Fsp3) is 0.250. The summed E-state index contributed by atoms with van der Waals surface area (Å²) in [6.45, 7) is 4.74. The second kappa shape index (κ2) is 6.54. The van der Waals surface area contributed by atoms with Gasteiger partial charge in [-0.05, 0) is 29.8 Å². The summed E-state index contributed by atoms with van der Waals surface area (Å²) in [5.74, 6) is -0.151. The van der Waals surface area contributed by atoms with E-state index >= 15 is 0 Å². The van der Waals surface area contributed by atoms with Crippen LogP contribution < -0.4 is 5.32 Å². The molecular weight excluding hydrogens is 348 g/mol. The van der Waals surface area contributed by atoms with Gasteiger partial charge >= 0.3 is 0 Å². The Labute approximate surface area is 137 Å². The molecule has 0 saturated carbocycles. The first-order chi connectivity index (χ1) is 9.90. The third-order valence-electron chi connectivity index (χ3n) is 3.38. The molecule has 0 aliphatic heterocycles. The Kier molecular flexibility index (Phi) is 4.96. The van der Waals surface area contributed by atoms with Gasteiger partial charge in [-0.3, -0.25) is 4.79 Å². The number of hydrogen-bond donors (Lipinski definition) is 2. The molecule has 0 fully saturated rings. The molecule has 0 spiro atoms. The molecule has 110 valence electrons. The van der Waals surface area contributed by atoms with Crippen LogP contribution >= 0.6 is 28.1 Å². The molecule has 0 saturated heterocycles. The van der Waals surface area contributed by atoms with Gasteiger partial charge in [-0.25, -0.2) is 0 Å². The first-order valence-electron chi connectivity index (χ1n) is 6.62. The van der Waals surface area contributed by atoms with Crippen molar-refractivity contribution in [2.24, 2.45) is 0 Å². The topological polar surface area (TPSA) is 44.9 Å². The minimum atomic E-state index is -0.156. The summed E-state index contributed by atoms with van der Waals surface area (Å²) in [4.78, 5) is 15.1. The number of halogens is 1. The smallest absolute Gasteiger partial charge is 0.254 e. The molecule has 0 aliphatic rings. The van der Waals surface area contributed by atoms with E-state index in [0.29, 0.717) is 16.7 Å². The van der Waals surface area contributed by atoms with Crippen molar-refractivity contribution in [3.05, 3.63) is 62.8 Å². The predicted molar refractivity (Wildman–Crippen MR) is 91.1 cm³/mol. The standard InChI is InChI=1S/C16H17BrN2OS/c1-16(2,11-5-7-12(17)8-6-11)10-19-14(20)13-4-3-9-18-15(13)21/h3-9H,10H2,1-2H3,(H,18,21)(H,19,20). The van der Waals surface area contributed by atoms with Gasteiger partial charge in [0.15, 0.2) is 0 Å². The number of hydrogen-bond acceptors (Lipinski definition) is 2. The number of nitrogens with one attached hydrogen (secondary N) is 2. The fourth-order valence-electron chi connectivity index (χ4n) is 2.00. The maximum atomic E-state index is 12.2. The van der Waals surface area contributed by atoms with Crippen molar-refractivity contribution >= 4 is 34.1 Å². The normalized spacial score (nSPS) is 11.2. The van der Waals surface area contributed by atoms with Crippen LogP contribution in [0, 0.1) is 4.64 Å². The summed E-state index contributed by atoms with van der Waals surface area (Å²) in [5.41, 5.74) is 1.51. The van der Waals surface area contributed by atoms with Gasteiger partial charge in [-0.15, -0.1) is 0 Å². The number of amides is 1. The molecule has 2 aromatic rings. The van der Waals surface area contributed by atoms with E-state index in [1.807, 2.05) is 12.1 Å². The van der Waals surface area contributed by atoms with Crippen LogP contribution in [0.2, 0.25) is 0 Å². The molecule has 5 heteroatoms. The average Bonchev–Trinajstić information content (AvgIpc) is 2.46. The number of pyridine rings is 1. The molecule has 1 amide bonds. The zero-order valence-electron chi connectivity index (χ0n) is 11.9. The summed E-state index contributed by atoms with van der Waals surface area (Å²) in [6, 6.07) is 11.6. The highest BCUT2D eigenvalue weighted by Gasteiger charge is 2.21. The van der Waals surface area contributed by atoms with E-state index in [0.717, 1.165) is 4.47 Å². The SMILES string of the molecule is CC(C)(CNC(=O)c1ccc[nH]c1=S)c1ccc(Br)cc1. The lowest BCUT2D eigenvalue weighted by molar-refractivity contribution is 0.0945. The van der Waals surface area contributed by atoms with Gasteiger partial charge in [0.1, 0.15) is 4.64 Å². The Bertz CT molecular complexity index is 692. The minimum absolute atomic E-state index is 0.151. The lowest BCUT2D eigenvalue weighted by atomic mass is 9.84. The highest BCUT2D eigenvalue weighted by atomic mass is 79.9. The molecule has 21 heavy (non-hydrogen) atoms. The molecule has 1 aromatic carbocycles. The molecule has 0 aliphatic carbocycles. The van der Waals surface area contributed by atoms with Crippen molar-refractivity contribution in [2.75, 3.05) is 6.54 Å². The van der Waals surface area contributed by atoms with E-state index in [9.17, 15) is 4.79 Å². The van der Waals surface area contributed by atoms with Crippen molar-refractivity contribution < 1.29 is 4.79 Å². The van der Waals surface area contributed by atoms with Crippen LogP contribution in [0.5, 0.6) is 0 Å². The molecule has 2 rings (SSSR count). The molecular formula is C16H17BrN2OS. The molecule has 2 N–H and O–H groups in total. The summed E-state index contributed by atoms with van der Waals surface area (Å²) in [7, 11) is 0. The third kappa shape index (κ3) is 4.02. The lowest BCUT2D eigenvalue weighted by Crippen LogP contribution is -2.36. The molecule has 0 bridgehead atoms.